The van der Waals surface area contributed by atoms with Gasteiger partial charge in [-0.3, -0.25) is 4.79 Å². The van der Waals surface area contributed by atoms with E-state index in [1.807, 2.05) is 0 Å². The maximum absolute atomic E-state index is 11.3. The minimum Gasteiger partial charge on any atom is -0.481 e. The highest BCUT2D eigenvalue weighted by molar-refractivity contribution is 8.00. The van der Waals surface area contributed by atoms with Gasteiger partial charge in [-0.2, -0.15) is 0 Å². The van der Waals surface area contributed by atoms with Crippen molar-refractivity contribution >= 4 is 23.7 Å². The van der Waals surface area contributed by atoms with Gasteiger partial charge in [-0.05, 0) is 24.6 Å². The zero-order chi connectivity index (χ0) is 13.5. The molecule has 0 radical (unpaired) electrons. The molecule has 0 aliphatic carbocycles. The Bertz CT molecular complexity index is 415. The molecule has 98 valence electrons. The van der Waals surface area contributed by atoms with Crippen LogP contribution in [0.3, 0.4) is 0 Å². The summed E-state index contributed by atoms with van der Waals surface area (Å²) in [6, 6.07) is 6.47. The number of aliphatic hydroxyl groups is 1. The highest BCUT2D eigenvalue weighted by Crippen LogP contribution is 2.21. The molecule has 5 nitrogen and oxygen atoms in total. The van der Waals surface area contributed by atoms with Gasteiger partial charge in [0.2, 0.25) is 0 Å². The fourth-order valence-corrected chi connectivity index (χ4v) is 1.87. The first kappa shape index (κ1) is 14.5. The highest BCUT2D eigenvalue weighted by Gasteiger charge is 2.18. The molecule has 0 aliphatic rings. The second kappa shape index (κ2) is 7.03. The van der Waals surface area contributed by atoms with Crippen LogP contribution in [-0.2, 0) is 14.3 Å². The molecule has 18 heavy (non-hydrogen) atoms. The fourth-order valence-electron chi connectivity index (χ4n) is 1.25. The molecule has 0 amide bonds. The summed E-state index contributed by atoms with van der Waals surface area (Å²) < 4.78 is 4.70. The fraction of sp³-hybridized carbons (Fsp3) is 0.333. The molecule has 2 N–H and O–H groups in total. The molecule has 1 unspecified atom stereocenters. The van der Waals surface area contributed by atoms with Gasteiger partial charge < -0.3 is 14.9 Å². The van der Waals surface area contributed by atoms with Crippen molar-refractivity contribution in [2.45, 2.75) is 17.9 Å². The normalized spacial score (nSPS) is 11.9. The lowest BCUT2D eigenvalue weighted by molar-refractivity contribution is -0.153. The number of carboxylic acid groups (broad SMARTS) is 1. The molecule has 0 aliphatic heterocycles. The van der Waals surface area contributed by atoms with E-state index in [9.17, 15) is 14.7 Å². The molecular formula is C12H14O5S. The molecule has 1 atom stereocenters. The summed E-state index contributed by atoms with van der Waals surface area (Å²) in [4.78, 5) is 22.4. The number of esters is 1. The molecule has 1 rings (SSSR count). The van der Waals surface area contributed by atoms with Crippen molar-refractivity contribution in [3.05, 3.63) is 29.8 Å². The van der Waals surface area contributed by atoms with Crippen LogP contribution in [0.15, 0.2) is 29.2 Å². The molecule has 0 fully saturated rings. The Labute approximate surface area is 109 Å². The van der Waals surface area contributed by atoms with E-state index >= 15 is 0 Å². The molecule has 0 bridgehead atoms. The molecule has 0 aromatic heterocycles. The van der Waals surface area contributed by atoms with Crippen LogP contribution in [-0.4, -0.2) is 34.5 Å². The Morgan fingerprint density at radius 1 is 1.33 bits per heavy atom. The number of hydrogen-bond donors (Lipinski definition) is 2. The van der Waals surface area contributed by atoms with Gasteiger partial charge in [-0.1, -0.05) is 12.1 Å². The lowest BCUT2D eigenvalue weighted by atomic mass is 10.1. The van der Waals surface area contributed by atoms with Crippen LogP contribution in [0.4, 0.5) is 0 Å². The van der Waals surface area contributed by atoms with Crippen LogP contribution in [0.25, 0.3) is 0 Å². The van der Waals surface area contributed by atoms with Crippen molar-refractivity contribution in [3.8, 4) is 0 Å². The molecular weight excluding hydrogens is 256 g/mol. The first-order valence-corrected chi connectivity index (χ1v) is 6.32. The summed E-state index contributed by atoms with van der Waals surface area (Å²) >= 11 is 1.17. The van der Waals surface area contributed by atoms with E-state index in [1.165, 1.54) is 11.8 Å². The number of aliphatic hydroxyl groups excluding tert-OH is 1. The quantitative estimate of drug-likeness (QED) is 0.601. The van der Waals surface area contributed by atoms with Gasteiger partial charge in [0.05, 0.1) is 12.4 Å². The topological polar surface area (TPSA) is 83.8 Å². The van der Waals surface area contributed by atoms with E-state index < -0.39 is 18.0 Å². The summed E-state index contributed by atoms with van der Waals surface area (Å²) in [5.41, 5.74) is 0.424. The van der Waals surface area contributed by atoms with E-state index in [0.717, 1.165) is 4.90 Å². The van der Waals surface area contributed by atoms with Gasteiger partial charge in [-0.25, -0.2) is 4.79 Å². The third-order valence-electron chi connectivity index (χ3n) is 2.07. The highest BCUT2D eigenvalue weighted by atomic mass is 32.2. The maximum atomic E-state index is 11.3. The monoisotopic (exact) mass is 270 g/mol. The van der Waals surface area contributed by atoms with Crippen LogP contribution in [0.2, 0.25) is 0 Å². The van der Waals surface area contributed by atoms with E-state index in [2.05, 4.69) is 0 Å². The molecule has 1 aromatic rings. The first-order chi connectivity index (χ1) is 8.54. The number of rotatable bonds is 6. The summed E-state index contributed by atoms with van der Waals surface area (Å²) in [5.74, 6) is -1.61. The van der Waals surface area contributed by atoms with Crippen molar-refractivity contribution in [1.29, 1.82) is 0 Å². The lowest BCUT2D eigenvalue weighted by Gasteiger charge is -2.10. The predicted octanol–water partition coefficient (Wildman–Crippen LogP) is 1.46. The zero-order valence-electron chi connectivity index (χ0n) is 9.83. The van der Waals surface area contributed by atoms with E-state index in [4.69, 9.17) is 9.84 Å². The first-order valence-electron chi connectivity index (χ1n) is 5.34. The van der Waals surface area contributed by atoms with Gasteiger partial charge in [0, 0.05) is 4.90 Å². The van der Waals surface area contributed by atoms with Crippen molar-refractivity contribution in [3.63, 3.8) is 0 Å². The third kappa shape index (κ3) is 4.38. The maximum Gasteiger partial charge on any atom is 0.339 e. The van der Waals surface area contributed by atoms with E-state index in [0.29, 0.717) is 5.56 Å². The molecule has 6 heteroatoms. The Morgan fingerprint density at radius 2 is 1.94 bits per heavy atom. The minimum absolute atomic E-state index is 0.0280. The molecule has 1 aromatic carbocycles. The number of ether oxygens (including phenoxy) is 1. The van der Waals surface area contributed by atoms with Crippen molar-refractivity contribution < 1.29 is 24.5 Å². The summed E-state index contributed by atoms with van der Waals surface area (Å²) in [7, 11) is 0. The van der Waals surface area contributed by atoms with Crippen LogP contribution in [0.1, 0.15) is 18.6 Å². The van der Waals surface area contributed by atoms with Crippen LogP contribution >= 0.6 is 11.8 Å². The Kier molecular flexibility index (Phi) is 5.67. The predicted molar refractivity (Wildman–Crippen MR) is 66.4 cm³/mol. The number of hydrogen-bond acceptors (Lipinski definition) is 5. The Hall–Kier alpha value is -1.53. The zero-order valence-corrected chi connectivity index (χ0v) is 10.6. The average molecular weight is 270 g/mol. The van der Waals surface area contributed by atoms with Gasteiger partial charge in [0.25, 0.3) is 0 Å². The Morgan fingerprint density at radius 3 is 2.44 bits per heavy atom. The van der Waals surface area contributed by atoms with Crippen LogP contribution in [0.5, 0.6) is 0 Å². The van der Waals surface area contributed by atoms with Crippen molar-refractivity contribution in [2.24, 2.45) is 0 Å². The van der Waals surface area contributed by atoms with Crippen molar-refractivity contribution in [1.82, 2.24) is 0 Å². The Balaban J connectivity index is 2.64. The smallest absolute Gasteiger partial charge is 0.339 e. The average Bonchev–Trinajstić information content (AvgIpc) is 2.36. The number of carbonyl (C=O) groups excluding carboxylic acids is 1. The van der Waals surface area contributed by atoms with Gasteiger partial charge in [-0.15, -0.1) is 11.8 Å². The standard InChI is InChI=1S/C12H14O5S/c1-2-17-12(16)11(15)8-3-5-9(6-4-8)18-7-10(13)14/h3-6,11,15H,2,7H2,1H3,(H,13,14). The second-order valence-electron chi connectivity index (χ2n) is 3.41. The molecule has 0 heterocycles. The minimum atomic E-state index is -1.30. The van der Waals surface area contributed by atoms with Crippen LogP contribution < -0.4 is 0 Å². The largest absolute Gasteiger partial charge is 0.481 e. The van der Waals surface area contributed by atoms with E-state index in [1.54, 1.807) is 31.2 Å². The molecule has 0 saturated carbocycles. The SMILES string of the molecule is CCOC(=O)C(O)c1ccc(SCC(=O)O)cc1. The summed E-state index contributed by atoms with van der Waals surface area (Å²) in [6.45, 7) is 1.87. The van der Waals surface area contributed by atoms with E-state index in [-0.39, 0.29) is 12.4 Å². The lowest BCUT2D eigenvalue weighted by Crippen LogP contribution is -2.15. The second-order valence-corrected chi connectivity index (χ2v) is 4.45. The number of carbonyl (C=O) groups is 2. The number of aliphatic carboxylic acids is 1. The summed E-state index contributed by atoms with van der Waals surface area (Å²) in [5, 5.41) is 18.2. The third-order valence-corrected chi connectivity index (χ3v) is 3.06. The number of thioether (sulfide) groups is 1. The van der Waals surface area contributed by atoms with Gasteiger partial charge >= 0.3 is 11.9 Å². The molecule has 0 spiro atoms. The van der Waals surface area contributed by atoms with Gasteiger partial charge in [0.1, 0.15) is 0 Å². The number of carboxylic acids is 1. The summed E-state index contributed by atoms with van der Waals surface area (Å²) in [6.07, 6.45) is -1.30. The van der Waals surface area contributed by atoms with Crippen molar-refractivity contribution in [2.75, 3.05) is 12.4 Å². The molecule has 0 saturated heterocycles. The van der Waals surface area contributed by atoms with Crippen LogP contribution in [0, 0.1) is 0 Å². The number of benzene rings is 1. The van der Waals surface area contributed by atoms with Gasteiger partial charge in [0.15, 0.2) is 6.10 Å².